The highest BCUT2D eigenvalue weighted by Crippen LogP contribution is 2.23. The van der Waals surface area contributed by atoms with Gasteiger partial charge in [-0.25, -0.2) is 9.59 Å². The predicted molar refractivity (Wildman–Crippen MR) is 69.9 cm³/mol. The lowest BCUT2D eigenvalue weighted by Crippen LogP contribution is -2.19. The zero-order valence-corrected chi connectivity index (χ0v) is 11.4. The number of esters is 2. The summed E-state index contributed by atoms with van der Waals surface area (Å²) in [5, 5.41) is 8.36. The van der Waals surface area contributed by atoms with E-state index >= 15 is 0 Å². The van der Waals surface area contributed by atoms with Crippen LogP contribution in [-0.2, 0) is 23.9 Å². The third-order valence-corrected chi connectivity index (χ3v) is 3.18. The maximum Gasteiger partial charge on any atom is 0.341 e. The lowest BCUT2D eigenvalue weighted by molar-refractivity contribution is -0.153. The second-order valence-corrected chi connectivity index (χ2v) is 4.94. The van der Waals surface area contributed by atoms with Crippen LogP contribution in [0.3, 0.4) is 0 Å². The third-order valence-electron chi connectivity index (χ3n) is 3.18. The summed E-state index contributed by atoms with van der Waals surface area (Å²) in [5.74, 6) is -2.28. The maximum atomic E-state index is 11.5. The number of aliphatic carboxylic acids is 1. The summed E-state index contributed by atoms with van der Waals surface area (Å²) < 4.78 is 9.52. The van der Waals surface area contributed by atoms with Gasteiger partial charge in [0.1, 0.15) is 0 Å². The third kappa shape index (κ3) is 6.36. The molecule has 1 saturated carbocycles. The van der Waals surface area contributed by atoms with E-state index in [9.17, 15) is 14.4 Å². The van der Waals surface area contributed by atoms with E-state index in [-0.39, 0.29) is 12.0 Å². The van der Waals surface area contributed by atoms with Crippen LogP contribution in [-0.4, -0.2) is 36.2 Å². The molecule has 0 heterocycles. The second-order valence-electron chi connectivity index (χ2n) is 4.94. The zero-order valence-electron chi connectivity index (χ0n) is 11.4. The highest BCUT2D eigenvalue weighted by Gasteiger charge is 2.18. The van der Waals surface area contributed by atoms with Crippen molar-refractivity contribution in [3.05, 3.63) is 12.2 Å². The molecule has 6 nitrogen and oxygen atoms in total. The van der Waals surface area contributed by atoms with E-state index in [1.165, 1.54) is 6.42 Å². The van der Waals surface area contributed by atoms with Crippen LogP contribution >= 0.6 is 0 Å². The zero-order chi connectivity index (χ0) is 15.0. The first-order valence-electron chi connectivity index (χ1n) is 6.71. The standard InChI is InChI=1S/C14H20O6/c1-10(14(18)20-9-12(15)16)7-13(17)19-8-11-5-3-2-4-6-11/h11H,1-9H2,(H,15,16). The fraction of sp³-hybridized carbons (Fsp3) is 0.643. The summed E-state index contributed by atoms with van der Waals surface area (Å²) in [5.41, 5.74) is -0.0973. The fourth-order valence-corrected chi connectivity index (χ4v) is 2.09. The number of carboxylic acid groups (broad SMARTS) is 1. The van der Waals surface area contributed by atoms with Crippen molar-refractivity contribution in [2.75, 3.05) is 13.2 Å². The van der Waals surface area contributed by atoms with Crippen LogP contribution in [0.15, 0.2) is 12.2 Å². The van der Waals surface area contributed by atoms with Crippen LogP contribution < -0.4 is 0 Å². The van der Waals surface area contributed by atoms with Crippen LogP contribution in [0.1, 0.15) is 38.5 Å². The SMILES string of the molecule is C=C(CC(=O)OCC1CCCCC1)C(=O)OCC(=O)O. The van der Waals surface area contributed by atoms with Crippen molar-refractivity contribution in [2.24, 2.45) is 5.92 Å². The summed E-state index contributed by atoms with van der Waals surface area (Å²) in [7, 11) is 0. The molecule has 1 aliphatic carbocycles. The summed E-state index contributed by atoms with van der Waals surface area (Å²) in [6.45, 7) is 3.03. The predicted octanol–water partition coefficient (Wildman–Crippen LogP) is 1.68. The normalized spacial score (nSPS) is 15.4. The number of ether oxygens (including phenoxy) is 2. The lowest BCUT2D eigenvalue weighted by Gasteiger charge is -2.21. The quantitative estimate of drug-likeness (QED) is 0.565. The molecule has 0 spiro atoms. The Morgan fingerprint density at radius 1 is 1.10 bits per heavy atom. The van der Waals surface area contributed by atoms with Crippen molar-refractivity contribution in [2.45, 2.75) is 38.5 Å². The molecule has 112 valence electrons. The molecule has 1 fully saturated rings. The molecule has 0 bridgehead atoms. The molecule has 0 aromatic heterocycles. The van der Waals surface area contributed by atoms with Crippen molar-refractivity contribution in [3.8, 4) is 0 Å². The molecule has 0 aromatic carbocycles. The molecular weight excluding hydrogens is 264 g/mol. The van der Waals surface area contributed by atoms with Gasteiger partial charge in [0.25, 0.3) is 0 Å². The van der Waals surface area contributed by atoms with Crippen LogP contribution in [0.25, 0.3) is 0 Å². The minimum absolute atomic E-state index is 0.0973. The number of carbonyl (C=O) groups is 3. The Morgan fingerprint density at radius 2 is 1.75 bits per heavy atom. The van der Waals surface area contributed by atoms with Crippen LogP contribution in [0.2, 0.25) is 0 Å². The molecule has 0 amide bonds. The molecule has 20 heavy (non-hydrogen) atoms. The molecule has 0 radical (unpaired) electrons. The molecule has 1 rings (SSSR count). The minimum atomic E-state index is -1.26. The Labute approximate surface area is 117 Å². The van der Waals surface area contributed by atoms with Gasteiger partial charge in [0.05, 0.1) is 13.0 Å². The Morgan fingerprint density at radius 3 is 2.35 bits per heavy atom. The largest absolute Gasteiger partial charge is 0.479 e. The maximum absolute atomic E-state index is 11.5. The van der Waals surface area contributed by atoms with Gasteiger partial charge < -0.3 is 14.6 Å². The summed E-state index contributed by atoms with van der Waals surface area (Å²) in [6, 6.07) is 0. The van der Waals surface area contributed by atoms with Crippen molar-refractivity contribution < 1.29 is 29.0 Å². The molecule has 0 aromatic rings. The monoisotopic (exact) mass is 284 g/mol. The first-order chi connectivity index (χ1) is 9.49. The van der Waals surface area contributed by atoms with E-state index in [0.717, 1.165) is 25.7 Å². The number of carboxylic acids is 1. The van der Waals surface area contributed by atoms with Gasteiger partial charge in [0.15, 0.2) is 6.61 Å². The highest BCUT2D eigenvalue weighted by atomic mass is 16.6. The van der Waals surface area contributed by atoms with Crippen molar-refractivity contribution in [3.63, 3.8) is 0 Å². The van der Waals surface area contributed by atoms with Gasteiger partial charge in [-0.15, -0.1) is 0 Å². The van der Waals surface area contributed by atoms with E-state index < -0.39 is 24.5 Å². The van der Waals surface area contributed by atoms with Gasteiger partial charge in [-0.1, -0.05) is 25.8 Å². The van der Waals surface area contributed by atoms with Gasteiger partial charge in [0, 0.05) is 5.57 Å². The number of hydrogen-bond acceptors (Lipinski definition) is 5. The van der Waals surface area contributed by atoms with Gasteiger partial charge in [0.2, 0.25) is 0 Å². The van der Waals surface area contributed by atoms with Crippen LogP contribution in [0.5, 0.6) is 0 Å². The van der Waals surface area contributed by atoms with E-state index in [1.807, 2.05) is 0 Å². The van der Waals surface area contributed by atoms with Gasteiger partial charge in [-0.3, -0.25) is 4.79 Å². The number of rotatable bonds is 7. The van der Waals surface area contributed by atoms with Crippen molar-refractivity contribution >= 4 is 17.9 Å². The summed E-state index contributed by atoms with van der Waals surface area (Å²) in [4.78, 5) is 33.1. The fourth-order valence-electron chi connectivity index (χ4n) is 2.09. The van der Waals surface area contributed by atoms with E-state index in [2.05, 4.69) is 11.3 Å². The van der Waals surface area contributed by atoms with Gasteiger partial charge in [-0.2, -0.15) is 0 Å². The number of carbonyl (C=O) groups excluding carboxylic acids is 2. The molecule has 0 unspecified atom stereocenters. The lowest BCUT2D eigenvalue weighted by atomic mass is 9.90. The smallest absolute Gasteiger partial charge is 0.341 e. The highest BCUT2D eigenvalue weighted by molar-refractivity contribution is 5.94. The van der Waals surface area contributed by atoms with E-state index in [4.69, 9.17) is 9.84 Å². The van der Waals surface area contributed by atoms with Crippen LogP contribution in [0, 0.1) is 5.92 Å². The summed E-state index contributed by atoms with van der Waals surface area (Å²) >= 11 is 0. The van der Waals surface area contributed by atoms with E-state index in [0.29, 0.717) is 12.5 Å². The minimum Gasteiger partial charge on any atom is -0.479 e. The Hall–Kier alpha value is -1.85. The average Bonchev–Trinajstić information content (AvgIpc) is 2.43. The molecule has 0 aliphatic heterocycles. The Bertz CT molecular complexity index is 381. The second kappa shape index (κ2) is 8.35. The molecule has 6 heteroatoms. The van der Waals surface area contributed by atoms with Crippen molar-refractivity contribution in [1.29, 1.82) is 0 Å². The molecule has 1 N–H and O–H groups in total. The molecule has 0 atom stereocenters. The number of hydrogen-bond donors (Lipinski definition) is 1. The molecule has 0 saturated heterocycles. The Balaban J connectivity index is 2.21. The molecular formula is C14H20O6. The topological polar surface area (TPSA) is 89.9 Å². The summed E-state index contributed by atoms with van der Waals surface area (Å²) in [6.07, 6.45) is 5.42. The van der Waals surface area contributed by atoms with Gasteiger partial charge in [-0.05, 0) is 18.8 Å². The van der Waals surface area contributed by atoms with E-state index in [1.54, 1.807) is 0 Å². The van der Waals surface area contributed by atoms with Crippen LogP contribution in [0.4, 0.5) is 0 Å². The van der Waals surface area contributed by atoms with Crippen molar-refractivity contribution in [1.82, 2.24) is 0 Å². The average molecular weight is 284 g/mol. The Kier molecular flexibility index (Phi) is 6.76. The molecule has 1 aliphatic rings. The first-order valence-corrected chi connectivity index (χ1v) is 6.71. The first kappa shape index (κ1) is 16.2. The van der Waals surface area contributed by atoms with Gasteiger partial charge >= 0.3 is 17.9 Å².